The Morgan fingerprint density at radius 3 is 2.71 bits per heavy atom. The van der Waals surface area contributed by atoms with E-state index in [4.69, 9.17) is 19.2 Å². The van der Waals surface area contributed by atoms with Crippen molar-refractivity contribution >= 4 is 27.3 Å². The first-order valence-electron chi connectivity index (χ1n) is 8.54. The number of halogens is 1. The van der Waals surface area contributed by atoms with Crippen molar-refractivity contribution in [2.45, 2.75) is 25.0 Å². The first-order valence-corrected chi connectivity index (χ1v) is 9.33. The van der Waals surface area contributed by atoms with Gasteiger partial charge in [0.15, 0.2) is 11.4 Å². The summed E-state index contributed by atoms with van der Waals surface area (Å²) in [6, 6.07) is 2.16. The van der Waals surface area contributed by atoms with E-state index in [-0.39, 0.29) is 0 Å². The maximum atomic E-state index is 5.93. The number of pyridine rings is 1. The Morgan fingerprint density at radius 1 is 1.12 bits per heavy atom. The number of ether oxygens (including phenoxy) is 3. The number of aromatic nitrogens is 2. The molecule has 0 aromatic carbocycles. The Kier molecular flexibility index (Phi) is 3.59. The molecule has 3 aliphatic rings. The fourth-order valence-electron chi connectivity index (χ4n) is 4.01. The summed E-state index contributed by atoms with van der Waals surface area (Å²) in [4.78, 5) is 7.33. The largest absolute Gasteiger partial charge is 0.378 e. The number of imidazole rings is 1. The topological polar surface area (TPSA) is 48.2 Å². The van der Waals surface area contributed by atoms with Gasteiger partial charge in [0, 0.05) is 36.6 Å². The van der Waals surface area contributed by atoms with E-state index in [0.717, 1.165) is 55.7 Å². The number of rotatable bonds is 1. The molecule has 7 heteroatoms. The predicted octanol–water partition coefficient (Wildman–Crippen LogP) is 2.17. The van der Waals surface area contributed by atoms with Crippen LogP contribution in [-0.2, 0) is 27.1 Å². The normalized spacial score (nSPS) is 23.1. The molecule has 0 radical (unpaired) electrons. The van der Waals surface area contributed by atoms with Gasteiger partial charge in [0.1, 0.15) is 0 Å². The maximum absolute atomic E-state index is 5.93. The summed E-state index contributed by atoms with van der Waals surface area (Å²) >= 11 is 3.67. The Hall–Kier alpha value is -1.15. The van der Waals surface area contributed by atoms with Gasteiger partial charge in [-0.3, -0.25) is 0 Å². The molecule has 0 bridgehead atoms. The number of hydrogen-bond acceptors (Lipinski definition) is 5. The van der Waals surface area contributed by atoms with E-state index < -0.39 is 5.79 Å². The second-order valence-electron chi connectivity index (χ2n) is 6.63. The van der Waals surface area contributed by atoms with Crippen molar-refractivity contribution in [1.29, 1.82) is 0 Å². The van der Waals surface area contributed by atoms with Crippen LogP contribution >= 0.6 is 15.9 Å². The lowest BCUT2D eigenvalue weighted by atomic mass is 9.95. The fraction of sp³-hybridized carbons (Fsp3) is 0.588. The van der Waals surface area contributed by atoms with Crippen LogP contribution in [0.3, 0.4) is 0 Å². The minimum Gasteiger partial charge on any atom is -0.378 e. The van der Waals surface area contributed by atoms with Crippen molar-refractivity contribution in [2.24, 2.45) is 0 Å². The summed E-state index contributed by atoms with van der Waals surface area (Å²) in [5.41, 5.74) is 4.59. The van der Waals surface area contributed by atoms with Crippen molar-refractivity contribution < 1.29 is 14.2 Å². The van der Waals surface area contributed by atoms with Gasteiger partial charge in [-0.1, -0.05) is 0 Å². The lowest BCUT2D eigenvalue weighted by Crippen LogP contribution is -2.37. The highest BCUT2D eigenvalue weighted by molar-refractivity contribution is 9.10. The van der Waals surface area contributed by atoms with Crippen molar-refractivity contribution in [2.75, 3.05) is 44.4 Å². The average Bonchev–Trinajstić information content (AvgIpc) is 3.20. The molecule has 0 N–H and O–H groups in total. The molecule has 1 aliphatic carbocycles. The van der Waals surface area contributed by atoms with Crippen LogP contribution in [0.4, 0.5) is 5.69 Å². The first kappa shape index (κ1) is 15.1. The standard InChI is InChI=1S/C17H20BrN3O3/c18-12-9-14(20-3-5-22-6-4-20)16-19-13-1-2-17(23-7-8-24-17)10-15(13)21(16)11-12/h9,11H,1-8,10H2. The molecule has 0 unspecified atom stereocenters. The SMILES string of the molecule is Brc1cc(N2CCOCC2)c2nc3c(n2c1)CC1(CC3)OCCO1. The molecule has 2 aromatic heterocycles. The van der Waals surface area contributed by atoms with Gasteiger partial charge in [0.05, 0.1) is 43.5 Å². The summed E-state index contributed by atoms with van der Waals surface area (Å²) in [6.45, 7) is 4.72. The van der Waals surface area contributed by atoms with Gasteiger partial charge in [0.25, 0.3) is 0 Å². The predicted molar refractivity (Wildman–Crippen MR) is 92.6 cm³/mol. The molecular weight excluding hydrogens is 374 g/mol. The summed E-state index contributed by atoms with van der Waals surface area (Å²) in [6.07, 6.45) is 4.66. The van der Waals surface area contributed by atoms with Crippen LogP contribution in [0.25, 0.3) is 5.65 Å². The second-order valence-corrected chi connectivity index (χ2v) is 7.54. The van der Waals surface area contributed by atoms with Crippen LogP contribution in [0.1, 0.15) is 17.8 Å². The van der Waals surface area contributed by atoms with Gasteiger partial charge in [-0.15, -0.1) is 0 Å². The summed E-state index contributed by atoms with van der Waals surface area (Å²) in [5, 5.41) is 0. The van der Waals surface area contributed by atoms with Crippen LogP contribution in [0.2, 0.25) is 0 Å². The third kappa shape index (κ3) is 2.37. The fourth-order valence-corrected chi connectivity index (χ4v) is 4.43. The molecule has 1 spiro atoms. The molecule has 2 fully saturated rings. The molecule has 24 heavy (non-hydrogen) atoms. The van der Waals surface area contributed by atoms with Crippen molar-refractivity contribution in [1.82, 2.24) is 9.38 Å². The lowest BCUT2D eigenvalue weighted by Gasteiger charge is -2.31. The first-order chi connectivity index (χ1) is 11.7. The van der Waals surface area contributed by atoms with E-state index in [2.05, 4.69) is 37.5 Å². The quantitative estimate of drug-likeness (QED) is 0.742. The highest BCUT2D eigenvalue weighted by atomic mass is 79.9. The molecule has 0 saturated carbocycles. The third-order valence-corrected chi connectivity index (χ3v) is 5.63. The minimum absolute atomic E-state index is 0.440. The Balaban J connectivity index is 1.62. The summed E-state index contributed by atoms with van der Waals surface area (Å²) in [5.74, 6) is -0.440. The van der Waals surface area contributed by atoms with Gasteiger partial charge in [-0.2, -0.15) is 0 Å². The van der Waals surface area contributed by atoms with Crippen LogP contribution in [0.15, 0.2) is 16.7 Å². The molecule has 6 nitrogen and oxygen atoms in total. The maximum Gasteiger partial charge on any atom is 0.174 e. The second kappa shape index (κ2) is 5.69. The number of fused-ring (bicyclic) bond motifs is 3. The number of hydrogen-bond donors (Lipinski definition) is 0. The monoisotopic (exact) mass is 393 g/mol. The zero-order valence-corrected chi connectivity index (χ0v) is 15.0. The number of morpholine rings is 1. The van der Waals surface area contributed by atoms with E-state index in [1.54, 1.807) is 0 Å². The van der Waals surface area contributed by atoms with E-state index in [9.17, 15) is 0 Å². The average molecular weight is 394 g/mol. The summed E-state index contributed by atoms with van der Waals surface area (Å²) in [7, 11) is 0. The van der Waals surface area contributed by atoms with E-state index in [1.165, 1.54) is 17.1 Å². The third-order valence-electron chi connectivity index (χ3n) is 5.19. The molecule has 0 atom stereocenters. The van der Waals surface area contributed by atoms with Gasteiger partial charge in [-0.25, -0.2) is 4.98 Å². The number of anilines is 1. The summed E-state index contributed by atoms with van der Waals surface area (Å²) < 4.78 is 20.6. The highest BCUT2D eigenvalue weighted by Crippen LogP contribution is 2.37. The van der Waals surface area contributed by atoms with Crippen molar-refractivity contribution in [3.63, 3.8) is 0 Å². The molecule has 128 valence electrons. The smallest absolute Gasteiger partial charge is 0.174 e. The highest BCUT2D eigenvalue weighted by Gasteiger charge is 2.42. The number of aryl methyl sites for hydroxylation is 1. The molecule has 2 aliphatic heterocycles. The van der Waals surface area contributed by atoms with Crippen LogP contribution in [0, 0.1) is 0 Å². The molecule has 5 rings (SSSR count). The zero-order chi connectivity index (χ0) is 16.1. The van der Waals surface area contributed by atoms with E-state index in [1.807, 2.05) is 0 Å². The Bertz CT molecular complexity index is 779. The van der Waals surface area contributed by atoms with Crippen LogP contribution in [0.5, 0.6) is 0 Å². The van der Waals surface area contributed by atoms with Gasteiger partial charge >= 0.3 is 0 Å². The van der Waals surface area contributed by atoms with Crippen LogP contribution < -0.4 is 4.90 Å². The zero-order valence-electron chi connectivity index (χ0n) is 13.5. The van der Waals surface area contributed by atoms with Gasteiger partial charge in [-0.05, 0) is 28.4 Å². The van der Waals surface area contributed by atoms with E-state index in [0.29, 0.717) is 13.2 Å². The Labute approximate surface area is 148 Å². The van der Waals surface area contributed by atoms with Crippen LogP contribution in [-0.4, -0.2) is 54.7 Å². The van der Waals surface area contributed by atoms with E-state index >= 15 is 0 Å². The molecule has 0 amide bonds. The lowest BCUT2D eigenvalue weighted by molar-refractivity contribution is -0.164. The molecular formula is C17H20BrN3O3. The Morgan fingerprint density at radius 2 is 1.92 bits per heavy atom. The minimum atomic E-state index is -0.440. The molecule has 2 saturated heterocycles. The van der Waals surface area contributed by atoms with Gasteiger partial charge < -0.3 is 23.5 Å². The van der Waals surface area contributed by atoms with Crippen molar-refractivity contribution in [3.05, 3.63) is 28.1 Å². The molecule has 2 aromatic rings. The number of nitrogens with zero attached hydrogens (tertiary/aromatic N) is 3. The van der Waals surface area contributed by atoms with Gasteiger partial charge in [0.2, 0.25) is 0 Å². The van der Waals surface area contributed by atoms with Crippen molar-refractivity contribution in [3.8, 4) is 0 Å². The molecule has 4 heterocycles.